The van der Waals surface area contributed by atoms with Crippen LogP contribution in [0.2, 0.25) is 0 Å². The molecular formula is C15H21NO5. The lowest BCUT2D eigenvalue weighted by atomic mass is 9.88. The predicted octanol–water partition coefficient (Wildman–Crippen LogP) is 0.885. The maximum atomic E-state index is 12.3. The minimum atomic E-state index is -1.86. The number of aliphatic hydroxyl groups is 1. The highest BCUT2D eigenvalue weighted by atomic mass is 16.6. The molecule has 0 aliphatic carbocycles. The van der Waals surface area contributed by atoms with E-state index in [1.807, 2.05) is 0 Å². The topological polar surface area (TPSA) is 110 Å². The number of carboxylic acid groups (broad SMARTS) is 1. The number of hydrogen-bond donors (Lipinski definition) is 3. The van der Waals surface area contributed by atoms with Crippen molar-refractivity contribution < 1.29 is 24.5 Å². The quantitative estimate of drug-likeness (QED) is 0.696. The average molecular weight is 295 g/mol. The van der Waals surface area contributed by atoms with Gasteiger partial charge in [0.1, 0.15) is 11.5 Å². The number of aliphatic hydroxyl groups excluding tert-OH is 1. The van der Waals surface area contributed by atoms with Crippen molar-refractivity contribution in [1.29, 1.82) is 0 Å². The number of carboxylic acids is 1. The molecule has 1 rings (SSSR count). The van der Waals surface area contributed by atoms with Crippen LogP contribution in [0, 0.1) is 0 Å². The van der Waals surface area contributed by atoms with E-state index in [0.29, 0.717) is 5.56 Å². The van der Waals surface area contributed by atoms with Gasteiger partial charge in [-0.3, -0.25) is 4.79 Å². The summed E-state index contributed by atoms with van der Waals surface area (Å²) in [4.78, 5) is 23.2. The fourth-order valence-corrected chi connectivity index (χ4v) is 1.89. The molecule has 0 aliphatic heterocycles. The SMILES string of the molecule is CC(C)(C)OC(=O)C(c1ccccc1)[C@@H](N)[C@H](O)C(=O)O. The normalized spacial score (nSPS) is 15.9. The fourth-order valence-electron chi connectivity index (χ4n) is 1.89. The second-order valence-electron chi connectivity index (χ2n) is 5.78. The van der Waals surface area contributed by atoms with E-state index in [-0.39, 0.29) is 0 Å². The molecule has 0 bridgehead atoms. The molecule has 0 amide bonds. The molecular weight excluding hydrogens is 274 g/mol. The summed E-state index contributed by atoms with van der Waals surface area (Å²) in [5.74, 6) is -3.20. The van der Waals surface area contributed by atoms with Crippen LogP contribution in [0.4, 0.5) is 0 Å². The van der Waals surface area contributed by atoms with Gasteiger partial charge >= 0.3 is 11.9 Å². The molecule has 6 heteroatoms. The van der Waals surface area contributed by atoms with Gasteiger partial charge in [-0.1, -0.05) is 30.3 Å². The van der Waals surface area contributed by atoms with Gasteiger partial charge in [0.05, 0.1) is 6.04 Å². The van der Waals surface area contributed by atoms with E-state index >= 15 is 0 Å². The molecule has 0 aliphatic rings. The summed E-state index contributed by atoms with van der Waals surface area (Å²) in [5, 5.41) is 18.5. The number of aliphatic carboxylic acids is 1. The Morgan fingerprint density at radius 1 is 1.19 bits per heavy atom. The fraction of sp³-hybridized carbons (Fsp3) is 0.467. The van der Waals surface area contributed by atoms with Crippen molar-refractivity contribution >= 4 is 11.9 Å². The Labute approximate surface area is 123 Å². The predicted molar refractivity (Wildman–Crippen MR) is 76.6 cm³/mol. The molecule has 0 saturated carbocycles. The number of nitrogens with two attached hydrogens (primary N) is 1. The summed E-state index contributed by atoms with van der Waals surface area (Å²) >= 11 is 0. The van der Waals surface area contributed by atoms with Gasteiger partial charge in [-0.25, -0.2) is 4.79 Å². The van der Waals surface area contributed by atoms with E-state index in [9.17, 15) is 14.7 Å². The number of esters is 1. The molecule has 0 fully saturated rings. The van der Waals surface area contributed by atoms with E-state index < -0.39 is 35.6 Å². The Kier molecular flexibility index (Phi) is 5.46. The number of carbonyl (C=O) groups is 2. The van der Waals surface area contributed by atoms with Gasteiger partial charge in [-0.2, -0.15) is 0 Å². The zero-order valence-corrected chi connectivity index (χ0v) is 12.3. The summed E-state index contributed by atoms with van der Waals surface area (Å²) in [6, 6.07) is 7.14. The molecule has 6 nitrogen and oxygen atoms in total. The van der Waals surface area contributed by atoms with Crippen molar-refractivity contribution in [1.82, 2.24) is 0 Å². The van der Waals surface area contributed by atoms with Crippen LogP contribution in [0.3, 0.4) is 0 Å². The van der Waals surface area contributed by atoms with Gasteiger partial charge < -0.3 is 20.7 Å². The van der Waals surface area contributed by atoms with Gasteiger partial charge in [-0.05, 0) is 26.3 Å². The number of carbonyl (C=O) groups excluding carboxylic acids is 1. The Balaban J connectivity index is 3.12. The molecule has 116 valence electrons. The molecule has 21 heavy (non-hydrogen) atoms. The van der Waals surface area contributed by atoms with E-state index in [1.165, 1.54) is 0 Å². The molecule has 0 saturated heterocycles. The van der Waals surface area contributed by atoms with Crippen LogP contribution >= 0.6 is 0 Å². The summed E-state index contributed by atoms with van der Waals surface area (Å²) in [6.45, 7) is 5.10. The Hall–Kier alpha value is -1.92. The van der Waals surface area contributed by atoms with Gasteiger partial charge in [0, 0.05) is 0 Å². The summed E-state index contributed by atoms with van der Waals surface area (Å²) < 4.78 is 5.28. The second-order valence-corrected chi connectivity index (χ2v) is 5.78. The Morgan fingerprint density at radius 3 is 2.14 bits per heavy atom. The molecule has 1 aromatic rings. The molecule has 1 aromatic carbocycles. The van der Waals surface area contributed by atoms with Crippen molar-refractivity contribution in [2.75, 3.05) is 0 Å². The molecule has 4 N–H and O–H groups in total. The highest BCUT2D eigenvalue weighted by Gasteiger charge is 2.38. The third-order valence-electron chi connectivity index (χ3n) is 2.82. The molecule has 0 heterocycles. The van der Waals surface area contributed by atoms with Crippen molar-refractivity contribution in [3.8, 4) is 0 Å². The Morgan fingerprint density at radius 2 is 1.71 bits per heavy atom. The zero-order chi connectivity index (χ0) is 16.2. The lowest BCUT2D eigenvalue weighted by Crippen LogP contribution is -2.48. The summed E-state index contributed by atoms with van der Waals surface area (Å²) in [6.07, 6.45) is -1.86. The van der Waals surface area contributed by atoms with Gasteiger partial charge in [-0.15, -0.1) is 0 Å². The van der Waals surface area contributed by atoms with E-state index in [4.69, 9.17) is 15.6 Å². The summed E-state index contributed by atoms with van der Waals surface area (Å²) in [5.41, 5.74) is 5.54. The first-order valence-electron chi connectivity index (χ1n) is 6.58. The van der Waals surface area contributed by atoms with Crippen molar-refractivity contribution in [2.24, 2.45) is 5.73 Å². The largest absolute Gasteiger partial charge is 0.479 e. The first-order valence-corrected chi connectivity index (χ1v) is 6.58. The van der Waals surface area contributed by atoms with Crippen molar-refractivity contribution in [3.63, 3.8) is 0 Å². The van der Waals surface area contributed by atoms with Crippen LogP contribution in [-0.4, -0.2) is 39.9 Å². The third-order valence-corrected chi connectivity index (χ3v) is 2.82. The lowest BCUT2D eigenvalue weighted by molar-refractivity contribution is -0.159. The number of hydrogen-bond acceptors (Lipinski definition) is 5. The van der Waals surface area contributed by atoms with E-state index in [2.05, 4.69) is 0 Å². The van der Waals surface area contributed by atoms with Crippen LogP contribution < -0.4 is 5.73 Å². The first kappa shape index (κ1) is 17.1. The third kappa shape index (κ3) is 4.84. The molecule has 0 spiro atoms. The smallest absolute Gasteiger partial charge is 0.334 e. The van der Waals surface area contributed by atoms with Crippen molar-refractivity contribution in [2.45, 2.75) is 44.4 Å². The molecule has 1 unspecified atom stereocenters. The summed E-state index contributed by atoms with van der Waals surface area (Å²) in [7, 11) is 0. The monoisotopic (exact) mass is 295 g/mol. The van der Waals surface area contributed by atoms with Crippen molar-refractivity contribution in [3.05, 3.63) is 35.9 Å². The van der Waals surface area contributed by atoms with E-state index in [0.717, 1.165) is 0 Å². The molecule has 0 aromatic heterocycles. The molecule has 0 radical (unpaired) electrons. The number of ether oxygens (including phenoxy) is 1. The zero-order valence-electron chi connectivity index (χ0n) is 12.3. The second kappa shape index (κ2) is 6.69. The van der Waals surface area contributed by atoms with Crippen LogP contribution in [0.5, 0.6) is 0 Å². The van der Waals surface area contributed by atoms with Crippen LogP contribution in [0.25, 0.3) is 0 Å². The minimum absolute atomic E-state index is 0.500. The Bertz CT molecular complexity index is 495. The molecule has 3 atom stereocenters. The highest BCUT2D eigenvalue weighted by molar-refractivity contribution is 5.82. The lowest BCUT2D eigenvalue weighted by Gasteiger charge is -2.28. The highest BCUT2D eigenvalue weighted by Crippen LogP contribution is 2.25. The van der Waals surface area contributed by atoms with Crippen LogP contribution in [-0.2, 0) is 14.3 Å². The van der Waals surface area contributed by atoms with Crippen LogP contribution in [0.1, 0.15) is 32.3 Å². The standard InChI is InChI=1S/C15H21NO5/c1-15(2,3)21-14(20)10(9-7-5-4-6-8-9)11(16)12(17)13(18)19/h4-8,10-12,17H,16H2,1-3H3,(H,18,19)/t10?,11-,12+/m1/s1. The van der Waals surface area contributed by atoms with Crippen LogP contribution in [0.15, 0.2) is 30.3 Å². The van der Waals surface area contributed by atoms with Gasteiger partial charge in [0.2, 0.25) is 0 Å². The average Bonchev–Trinajstić information content (AvgIpc) is 2.36. The number of rotatable bonds is 5. The van der Waals surface area contributed by atoms with Gasteiger partial charge in [0.25, 0.3) is 0 Å². The maximum absolute atomic E-state index is 12.3. The number of benzene rings is 1. The van der Waals surface area contributed by atoms with E-state index in [1.54, 1.807) is 51.1 Å². The van der Waals surface area contributed by atoms with Gasteiger partial charge in [0.15, 0.2) is 6.10 Å². The first-order chi connectivity index (χ1) is 9.63. The maximum Gasteiger partial charge on any atom is 0.334 e. The minimum Gasteiger partial charge on any atom is -0.479 e.